The van der Waals surface area contributed by atoms with E-state index in [-0.39, 0.29) is 17.2 Å². The Bertz CT molecular complexity index is 483. The van der Waals surface area contributed by atoms with E-state index in [9.17, 15) is 4.79 Å². The van der Waals surface area contributed by atoms with Gasteiger partial charge in [-0.15, -0.1) is 0 Å². The van der Waals surface area contributed by atoms with Crippen LogP contribution in [0.2, 0.25) is 5.28 Å². The van der Waals surface area contributed by atoms with Gasteiger partial charge >= 0.3 is 0 Å². The average molecular weight is 268 g/mol. The molecule has 0 radical (unpaired) electrons. The van der Waals surface area contributed by atoms with Crippen LogP contribution in [0.15, 0.2) is 6.20 Å². The minimum absolute atomic E-state index is 0.0859. The summed E-state index contributed by atoms with van der Waals surface area (Å²) >= 11 is 5.86. The van der Waals surface area contributed by atoms with Gasteiger partial charge in [0.1, 0.15) is 5.82 Å². The molecule has 1 aliphatic heterocycles. The maximum absolute atomic E-state index is 12.6. The van der Waals surface area contributed by atoms with Gasteiger partial charge in [-0.25, -0.2) is 4.98 Å². The summed E-state index contributed by atoms with van der Waals surface area (Å²) in [5, 5.41) is 0.190. The van der Waals surface area contributed by atoms with Crippen molar-refractivity contribution in [3.63, 3.8) is 0 Å². The van der Waals surface area contributed by atoms with E-state index in [4.69, 9.17) is 11.6 Å². The number of carbonyl (C=O) groups excluding carboxylic acids is 1. The first-order valence-corrected chi connectivity index (χ1v) is 6.67. The Hall–Kier alpha value is -1.16. The minimum atomic E-state index is -0.567. The fourth-order valence-electron chi connectivity index (χ4n) is 2.48. The van der Waals surface area contributed by atoms with Gasteiger partial charge in [0, 0.05) is 17.8 Å². The van der Waals surface area contributed by atoms with E-state index in [1.54, 1.807) is 11.1 Å². The number of rotatable bonds is 3. The quantitative estimate of drug-likeness (QED) is 0.791. The van der Waals surface area contributed by atoms with E-state index in [0.29, 0.717) is 5.82 Å². The van der Waals surface area contributed by atoms with Crippen LogP contribution in [0.4, 0.5) is 5.82 Å². The Morgan fingerprint density at radius 2 is 2.00 bits per heavy atom. The summed E-state index contributed by atoms with van der Waals surface area (Å²) in [6.07, 6.45) is 3.48. The third-order valence-corrected chi connectivity index (χ3v) is 3.88. The van der Waals surface area contributed by atoms with Crippen molar-refractivity contribution < 1.29 is 4.79 Å². The molecule has 4 nitrogen and oxygen atoms in total. The summed E-state index contributed by atoms with van der Waals surface area (Å²) in [6.45, 7) is 7.98. The molecule has 1 aliphatic rings. The van der Waals surface area contributed by atoms with Gasteiger partial charge in [-0.3, -0.25) is 9.69 Å². The molecule has 0 N–H and O–H groups in total. The number of carbonyl (C=O) groups is 1. The summed E-state index contributed by atoms with van der Waals surface area (Å²) in [6, 6.07) is 0.170. The monoisotopic (exact) mass is 267 g/mol. The first kappa shape index (κ1) is 13.3. The first-order chi connectivity index (χ1) is 8.43. The van der Waals surface area contributed by atoms with E-state index in [1.165, 1.54) is 0 Å². The Balaban J connectivity index is 2.58. The third-order valence-electron chi connectivity index (χ3n) is 3.70. The Morgan fingerprint density at radius 3 is 2.56 bits per heavy atom. The van der Waals surface area contributed by atoms with Gasteiger partial charge in [0.25, 0.3) is 0 Å². The summed E-state index contributed by atoms with van der Waals surface area (Å²) < 4.78 is 0. The molecule has 1 aromatic heterocycles. The van der Waals surface area contributed by atoms with Crippen LogP contribution < -0.4 is 4.90 Å². The van der Waals surface area contributed by atoms with Gasteiger partial charge in [0.05, 0.1) is 5.41 Å². The predicted molar refractivity (Wildman–Crippen MR) is 71.9 cm³/mol. The smallest absolute Gasteiger partial charge is 0.238 e. The molecule has 2 heterocycles. The molecule has 18 heavy (non-hydrogen) atoms. The van der Waals surface area contributed by atoms with Crippen molar-refractivity contribution in [3.05, 3.63) is 17.0 Å². The molecule has 0 bridgehead atoms. The lowest BCUT2D eigenvalue weighted by Crippen LogP contribution is -2.42. The zero-order chi connectivity index (χ0) is 13.5. The predicted octanol–water partition coefficient (Wildman–Crippen LogP) is 2.94. The fraction of sp³-hybridized carbons (Fsp3) is 0.615. The molecule has 2 rings (SSSR count). The molecular weight excluding hydrogens is 250 g/mol. The maximum Gasteiger partial charge on any atom is 0.238 e. The number of aromatic nitrogens is 2. The number of fused-ring (bicyclic) bond motifs is 1. The lowest BCUT2D eigenvalue weighted by atomic mass is 9.88. The van der Waals surface area contributed by atoms with Crippen LogP contribution in [0.25, 0.3) is 0 Å². The normalized spacial score (nSPS) is 17.4. The highest BCUT2D eigenvalue weighted by molar-refractivity contribution is 6.28. The summed E-state index contributed by atoms with van der Waals surface area (Å²) in [7, 11) is 0. The van der Waals surface area contributed by atoms with Crippen LogP contribution in [0.5, 0.6) is 0 Å². The molecule has 1 amide bonds. The Kier molecular flexibility index (Phi) is 3.32. The van der Waals surface area contributed by atoms with E-state index < -0.39 is 5.41 Å². The number of halogens is 1. The van der Waals surface area contributed by atoms with Crippen LogP contribution >= 0.6 is 11.6 Å². The molecule has 0 atom stereocenters. The van der Waals surface area contributed by atoms with Crippen LogP contribution in [0.1, 0.15) is 46.1 Å². The Morgan fingerprint density at radius 1 is 1.39 bits per heavy atom. The highest BCUT2D eigenvalue weighted by atomic mass is 35.5. The molecule has 0 aromatic carbocycles. The highest BCUT2D eigenvalue weighted by Crippen LogP contribution is 2.42. The van der Waals surface area contributed by atoms with Crippen LogP contribution in [0, 0.1) is 0 Å². The fourth-order valence-corrected chi connectivity index (χ4v) is 2.61. The molecule has 98 valence electrons. The maximum atomic E-state index is 12.6. The number of hydrogen-bond acceptors (Lipinski definition) is 3. The van der Waals surface area contributed by atoms with Crippen LogP contribution in [0.3, 0.4) is 0 Å². The summed E-state index contributed by atoms with van der Waals surface area (Å²) in [4.78, 5) is 22.6. The van der Waals surface area contributed by atoms with Crippen molar-refractivity contribution in [3.8, 4) is 0 Å². The van der Waals surface area contributed by atoms with Crippen LogP contribution in [-0.4, -0.2) is 21.9 Å². The third kappa shape index (κ3) is 1.79. The van der Waals surface area contributed by atoms with E-state index in [2.05, 4.69) is 23.8 Å². The van der Waals surface area contributed by atoms with Crippen molar-refractivity contribution in [2.75, 3.05) is 4.90 Å². The standard InChI is InChI=1S/C13H18ClN3O/c1-5-8(6-2)17-10-9(7-15-12(14)16-10)13(3,4)11(17)18/h7-8H,5-6H2,1-4H3. The van der Waals surface area contributed by atoms with Crippen molar-refractivity contribution >= 4 is 23.3 Å². The number of anilines is 1. The van der Waals surface area contributed by atoms with Gasteiger partial charge in [0.2, 0.25) is 11.2 Å². The van der Waals surface area contributed by atoms with E-state index in [0.717, 1.165) is 18.4 Å². The van der Waals surface area contributed by atoms with Gasteiger partial charge in [-0.1, -0.05) is 13.8 Å². The lowest BCUT2D eigenvalue weighted by molar-refractivity contribution is -0.122. The van der Waals surface area contributed by atoms with Crippen molar-refractivity contribution in [1.82, 2.24) is 9.97 Å². The second kappa shape index (κ2) is 4.50. The zero-order valence-corrected chi connectivity index (χ0v) is 12.0. The van der Waals surface area contributed by atoms with Crippen molar-refractivity contribution in [2.24, 2.45) is 0 Å². The number of nitrogens with zero attached hydrogens (tertiary/aromatic N) is 3. The van der Waals surface area contributed by atoms with Crippen molar-refractivity contribution in [2.45, 2.75) is 52.0 Å². The molecule has 0 aliphatic carbocycles. The summed E-state index contributed by atoms with van der Waals surface area (Å²) in [5.74, 6) is 0.765. The molecule has 1 aromatic rings. The average Bonchev–Trinajstić information content (AvgIpc) is 2.51. The van der Waals surface area contributed by atoms with Gasteiger partial charge < -0.3 is 0 Å². The van der Waals surface area contributed by atoms with Gasteiger partial charge in [0.15, 0.2) is 0 Å². The first-order valence-electron chi connectivity index (χ1n) is 6.30. The molecule has 0 unspecified atom stereocenters. The second-order valence-electron chi connectivity index (χ2n) is 5.15. The lowest BCUT2D eigenvalue weighted by Gasteiger charge is -2.27. The van der Waals surface area contributed by atoms with Gasteiger partial charge in [-0.05, 0) is 38.3 Å². The Labute approximate surface area is 112 Å². The van der Waals surface area contributed by atoms with E-state index in [1.807, 2.05) is 13.8 Å². The molecular formula is C13H18ClN3O. The topological polar surface area (TPSA) is 46.1 Å². The summed E-state index contributed by atoms with van der Waals surface area (Å²) in [5.41, 5.74) is 0.298. The van der Waals surface area contributed by atoms with Gasteiger partial charge in [-0.2, -0.15) is 4.98 Å². The second-order valence-corrected chi connectivity index (χ2v) is 5.48. The molecule has 5 heteroatoms. The number of amides is 1. The molecule has 0 spiro atoms. The van der Waals surface area contributed by atoms with Crippen molar-refractivity contribution in [1.29, 1.82) is 0 Å². The minimum Gasteiger partial charge on any atom is -0.293 e. The molecule has 0 saturated carbocycles. The SMILES string of the molecule is CCC(CC)N1C(=O)C(C)(C)c2cnc(Cl)nc21. The molecule has 0 saturated heterocycles. The van der Waals surface area contributed by atoms with E-state index >= 15 is 0 Å². The van der Waals surface area contributed by atoms with Crippen LogP contribution in [-0.2, 0) is 10.2 Å². The largest absolute Gasteiger partial charge is 0.293 e. The zero-order valence-electron chi connectivity index (χ0n) is 11.2. The highest BCUT2D eigenvalue weighted by Gasteiger charge is 2.47. The molecule has 0 fully saturated rings. The number of hydrogen-bond donors (Lipinski definition) is 0.